The first-order chi connectivity index (χ1) is 6.87. The minimum atomic E-state index is -3.63. The predicted molar refractivity (Wildman–Crippen MR) is 57.8 cm³/mol. The number of nitrogens with zero attached hydrogens (tertiary/aromatic N) is 1. The molecule has 0 unspecified atom stereocenters. The molecule has 0 amide bonds. The lowest BCUT2D eigenvalue weighted by atomic mass is 10.1. The van der Waals surface area contributed by atoms with Crippen molar-refractivity contribution in [2.75, 3.05) is 7.05 Å². The van der Waals surface area contributed by atoms with Crippen molar-refractivity contribution >= 4 is 27.2 Å². The largest absolute Gasteiger partial charge is 0.265 e. The Morgan fingerprint density at radius 2 is 2.00 bits per heavy atom. The molecule has 1 aliphatic heterocycles. The monoisotopic (exact) mass is 245 g/mol. The highest BCUT2D eigenvalue weighted by atomic mass is 32.2. The van der Waals surface area contributed by atoms with Crippen LogP contribution in [-0.4, -0.2) is 24.8 Å². The second-order valence-electron chi connectivity index (χ2n) is 3.33. The summed E-state index contributed by atoms with van der Waals surface area (Å²) in [6.45, 7) is 1.44. The minimum absolute atomic E-state index is 0.00463. The lowest BCUT2D eigenvalue weighted by molar-refractivity contribution is 0.557. The van der Waals surface area contributed by atoms with Gasteiger partial charge in [-0.1, -0.05) is 12.2 Å². The third-order valence-electron chi connectivity index (χ3n) is 2.47. The number of hydrogen-bond acceptors (Lipinski definition) is 3. The second-order valence-corrected chi connectivity index (χ2v) is 5.62. The number of rotatable bonds is 0. The first-order valence-corrected chi connectivity index (χ1v) is 6.04. The van der Waals surface area contributed by atoms with Crippen LogP contribution in [0.2, 0.25) is 0 Å². The summed E-state index contributed by atoms with van der Waals surface area (Å²) >= 11 is 4.97. The topological polar surface area (TPSA) is 37.4 Å². The van der Waals surface area contributed by atoms with Crippen molar-refractivity contribution in [3.8, 4) is 0 Å². The van der Waals surface area contributed by atoms with Crippen molar-refractivity contribution in [3.63, 3.8) is 0 Å². The summed E-state index contributed by atoms with van der Waals surface area (Å²) in [5.74, 6) is -0.532. The average molecular weight is 245 g/mol. The van der Waals surface area contributed by atoms with Gasteiger partial charge in [0.2, 0.25) is 0 Å². The van der Waals surface area contributed by atoms with Gasteiger partial charge in [0.1, 0.15) is 15.7 Å². The smallest absolute Gasteiger partial charge is 0.259 e. The van der Waals surface area contributed by atoms with Crippen LogP contribution in [0.4, 0.5) is 4.39 Å². The lowest BCUT2D eigenvalue weighted by Gasteiger charge is -2.09. The molecule has 80 valence electrons. The Balaban J connectivity index is 2.91. The Hall–Kier alpha value is -1.01. The van der Waals surface area contributed by atoms with Crippen LogP contribution in [0.1, 0.15) is 11.1 Å². The fourth-order valence-corrected chi connectivity index (χ4v) is 3.63. The Bertz CT molecular complexity index is 566. The van der Waals surface area contributed by atoms with E-state index < -0.39 is 15.8 Å². The molecule has 0 spiro atoms. The highest BCUT2D eigenvalue weighted by Crippen LogP contribution is 2.33. The summed E-state index contributed by atoms with van der Waals surface area (Å²) in [5.41, 5.74) is 0.533. The molecule has 0 aliphatic carbocycles. The van der Waals surface area contributed by atoms with Crippen molar-refractivity contribution < 1.29 is 12.8 Å². The first-order valence-electron chi connectivity index (χ1n) is 4.19. The normalized spacial score (nSPS) is 18.1. The van der Waals surface area contributed by atoms with Gasteiger partial charge in [-0.2, -0.15) is 0 Å². The van der Waals surface area contributed by atoms with Gasteiger partial charge in [-0.15, -0.1) is 0 Å². The molecule has 3 nitrogen and oxygen atoms in total. The number of benzene rings is 1. The molecule has 1 heterocycles. The van der Waals surface area contributed by atoms with Gasteiger partial charge >= 0.3 is 0 Å². The third-order valence-corrected chi connectivity index (χ3v) is 5.03. The van der Waals surface area contributed by atoms with E-state index in [1.54, 1.807) is 0 Å². The fraction of sp³-hybridized carbons (Fsp3) is 0.222. The Kier molecular flexibility index (Phi) is 2.09. The number of thiocarbonyl (C=S) groups is 1. The Labute approximate surface area is 92.6 Å². The van der Waals surface area contributed by atoms with E-state index in [-0.39, 0.29) is 15.4 Å². The van der Waals surface area contributed by atoms with Crippen molar-refractivity contribution in [1.29, 1.82) is 0 Å². The number of halogens is 1. The Morgan fingerprint density at radius 3 is 2.60 bits per heavy atom. The summed E-state index contributed by atoms with van der Waals surface area (Å²) in [5, 5.41) is 0. The molecule has 0 radical (unpaired) electrons. The molecule has 15 heavy (non-hydrogen) atoms. The zero-order valence-corrected chi connectivity index (χ0v) is 9.75. The van der Waals surface area contributed by atoms with E-state index in [0.29, 0.717) is 5.56 Å². The van der Waals surface area contributed by atoms with Crippen molar-refractivity contribution in [2.45, 2.75) is 11.8 Å². The van der Waals surface area contributed by atoms with Gasteiger partial charge in [0.15, 0.2) is 0 Å². The van der Waals surface area contributed by atoms with Crippen LogP contribution in [0.25, 0.3) is 0 Å². The average Bonchev–Trinajstić information content (AvgIpc) is 2.34. The summed E-state index contributed by atoms with van der Waals surface area (Å²) in [6, 6.07) is 2.64. The van der Waals surface area contributed by atoms with E-state index in [4.69, 9.17) is 12.2 Å². The van der Waals surface area contributed by atoms with E-state index >= 15 is 0 Å². The molecule has 0 atom stereocenters. The van der Waals surface area contributed by atoms with E-state index in [2.05, 4.69) is 0 Å². The molecule has 6 heteroatoms. The van der Waals surface area contributed by atoms with Crippen LogP contribution in [0.15, 0.2) is 17.0 Å². The van der Waals surface area contributed by atoms with Crippen LogP contribution < -0.4 is 0 Å². The molecular formula is C9H8FNO2S2. The van der Waals surface area contributed by atoms with E-state index in [1.807, 2.05) is 0 Å². The molecule has 0 aromatic heterocycles. The summed E-state index contributed by atoms with van der Waals surface area (Å²) in [7, 11) is -2.26. The Morgan fingerprint density at radius 1 is 1.40 bits per heavy atom. The van der Waals surface area contributed by atoms with Crippen molar-refractivity contribution in [1.82, 2.24) is 4.31 Å². The molecule has 0 saturated heterocycles. The van der Waals surface area contributed by atoms with Gasteiger partial charge in [-0.05, 0) is 19.1 Å². The van der Waals surface area contributed by atoms with Crippen LogP contribution in [0, 0.1) is 12.7 Å². The molecular weight excluding hydrogens is 237 g/mol. The highest BCUT2D eigenvalue weighted by molar-refractivity contribution is 7.92. The quantitative estimate of drug-likeness (QED) is 0.649. The molecule has 1 aliphatic rings. The maximum Gasteiger partial charge on any atom is 0.265 e. The zero-order valence-electron chi connectivity index (χ0n) is 8.11. The SMILES string of the molecule is Cc1c(F)ccc2c1S(=O)(=O)N(C)C2=S. The van der Waals surface area contributed by atoms with Gasteiger partial charge in [0, 0.05) is 18.2 Å². The predicted octanol–water partition coefficient (Wildman–Crippen LogP) is 1.44. The maximum atomic E-state index is 13.2. The van der Waals surface area contributed by atoms with Gasteiger partial charge in [-0.25, -0.2) is 12.8 Å². The number of sulfonamides is 1. The standard InChI is InChI=1S/C9H8FNO2S2/c1-5-7(10)4-3-6-8(5)15(12,13)11(2)9(6)14/h3-4H,1-2H3. The lowest BCUT2D eigenvalue weighted by Crippen LogP contribution is -2.24. The second kappa shape index (κ2) is 2.99. The van der Waals surface area contributed by atoms with Crippen LogP contribution in [0.3, 0.4) is 0 Å². The molecule has 2 rings (SSSR count). The zero-order chi connectivity index (χ0) is 11.4. The molecule has 0 fully saturated rings. The van der Waals surface area contributed by atoms with Crippen molar-refractivity contribution in [3.05, 3.63) is 29.1 Å². The highest BCUT2D eigenvalue weighted by Gasteiger charge is 2.37. The van der Waals surface area contributed by atoms with Gasteiger partial charge in [-0.3, -0.25) is 4.31 Å². The van der Waals surface area contributed by atoms with Crippen LogP contribution in [-0.2, 0) is 10.0 Å². The molecule has 1 aromatic carbocycles. The molecule has 0 N–H and O–H groups in total. The molecule has 0 saturated carbocycles. The first kappa shape index (κ1) is 10.5. The van der Waals surface area contributed by atoms with Gasteiger partial charge in [0.05, 0.1) is 0 Å². The van der Waals surface area contributed by atoms with Gasteiger partial charge < -0.3 is 0 Å². The summed E-state index contributed by atoms with van der Waals surface area (Å²) in [6.07, 6.45) is 0. The third kappa shape index (κ3) is 1.21. The van der Waals surface area contributed by atoms with Gasteiger partial charge in [0.25, 0.3) is 10.0 Å². The van der Waals surface area contributed by atoms with E-state index in [1.165, 1.54) is 26.1 Å². The maximum absolute atomic E-state index is 13.2. The van der Waals surface area contributed by atoms with E-state index in [0.717, 1.165) is 4.31 Å². The molecule has 0 bridgehead atoms. The minimum Gasteiger partial charge on any atom is -0.259 e. The van der Waals surface area contributed by atoms with Crippen LogP contribution in [0.5, 0.6) is 0 Å². The number of fused-ring (bicyclic) bond motifs is 1. The molecule has 1 aromatic rings. The number of hydrogen-bond donors (Lipinski definition) is 0. The summed E-state index contributed by atoms with van der Waals surface area (Å²) < 4.78 is 37.9. The fourth-order valence-electron chi connectivity index (χ4n) is 1.58. The van der Waals surface area contributed by atoms with Crippen LogP contribution >= 0.6 is 12.2 Å². The van der Waals surface area contributed by atoms with E-state index in [9.17, 15) is 12.8 Å². The summed E-state index contributed by atoms with van der Waals surface area (Å²) in [4.78, 5) is 0.211. The van der Waals surface area contributed by atoms with Crippen molar-refractivity contribution in [2.24, 2.45) is 0 Å².